The number of esters is 3. The minimum Gasteiger partial charge on any atom is -0.463 e. The summed E-state index contributed by atoms with van der Waals surface area (Å²) in [6.07, 6.45) is 1.66. The zero-order valence-electron chi connectivity index (χ0n) is 20.7. The summed E-state index contributed by atoms with van der Waals surface area (Å²) in [6, 6.07) is 5.71. The summed E-state index contributed by atoms with van der Waals surface area (Å²) < 4.78 is 16.1. The highest BCUT2D eigenvalue weighted by Crippen LogP contribution is 2.45. The number of allylic oxidation sites excluding steroid dienone is 3. The van der Waals surface area contributed by atoms with Gasteiger partial charge in [-0.05, 0) is 46.3 Å². The average molecular weight is 487 g/mol. The Labute approximate surface area is 204 Å². The van der Waals surface area contributed by atoms with Crippen molar-refractivity contribution < 1.29 is 33.5 Å². The average Bonchev–Trinajstić information content (AvgIpc) is 2.82. The predicted molar refractivity (Wildman–Crippen MR) is 126 cm³/mol. The van der Waals surface area contributed by atoms with Crippen LogP contribution in [0, 0.1) is 10.1 Å². The maximum atomic E-state index is 13.2. The Bertz CT molecular complexity index is 1070. The third-order valence-electron chi connectivity index (χ3n) is 5.41. The summed E-state index contributed by atoms with van der Waals surface area (Å²) in [4.78, 5) is 50.9. The molecule has 0 saturated heterocycles. The van der Waals surface area contributed by atoms with Crippen molar-refractivity contribution in [1.82, 2.24) is 4.90 Å². The molecule has 1 heterocycles. The molecule has 10 nitrogen and oxygen atoms in total. The largest absolute Gasteiger partial charge is 0.463 e. The summed E-state index contributed by atoms with van der Waals surface area (Å²) in [5.41, 5.74) is 1.000. The summed E-state index contributed by atoms with van der Waals surface area (Å²) in [5, 5.41) is 11.4. The fraction of sp³-hybridized carbons (Fsp3) is 0.400. The number of rotatable bonds is 9. The Morgan fingerprint density at radius 2 is 1.57 bits per heavy atom. The van der Waals surface area contributed by atoms with Crippen molar-refractivity contribution >= 4 is 23.6 Å². The third-order valence-corrected chi connectivity index (χ3v) is 5.41. The summed E-state index contributed by atoms with van der Waals surface area (Å²) >= 11 is 0. The molecule has 10 heteroatoms. The molecule has 0 amide bonds. The second-order valence-electron chi connectivity index (χ2n) is 7.51. The molecular formula is C25H30N2O8. The van der Waals surface area contributed by atoms with Gasteiger partial charge in [0.05, 0.1) is 35.2 Å². The predicted octanol–water partition coefficient (Wildman–Crippen LogP) is 4.48. The van der Waals surface area contributed by atoms with Crippen molar-refractivity contribution in [3.8, 4) is 0 Å². The molecule has 0 spiro atoms. The van der Waals surface area contributed by atoms with E-state index < -0.39 is 28.7 Å². The minimum atomic E-state index is -1.01. The van der Waals surface area contributed by atoms with E-state index in [1.54, 1.807) is 53.7 Å². The van der Waals surface area contributed by atoms with Crippen LogP contribution in [0.25, 0.3) is 0 Å². The van der Waals surface area contributed by atoms with Crippen LogP contribution in [-0.4, -0.2) is 40.9 Å². The lowest BCUT2D eigenvalue weighted by Crippen LogP contribution is -2.36. The lowest BCUT2D eigenvalue weighted by atomic mass is 9.79. The van der Waals surface area contributed by atoms with Gasteiger partial charge in [0.1, 0.15) is 0 Å². The molecular weight excluding hydrogens is 456 g/mol. The summed E-state index contributed by atoms with van der Waals surface area (Å²) in [5.74, 6) is -2.83. The first-order valence-corrected chi connectivity index (χ1v) is 11.3. The molecule has 2 rings (SSSR count). The topological polar surface area (TPSA) is 125 Å². The van der Waals surface area contributed by atoms with Gasteiger partial charge in [0.2, 0.25) is 5.88 Å². The zero-order valence-corrected chi connectivity index (χ0v) is 20.7. The number of nitrogens with zero attached hydrogens (tertiary/aromatic N) is 2. The molecule has 0 atom stereocenters. The molecule has 0 bridgehead atoms. The third kappa shape index (κ3) is 5.76. The second-order valence-corrected chi connectivity index (χ2v) is 7.51. The van der Waals surface area contributed by atoms with E-state index in [4.69, 9.17) is 14.2 Å². The van der Waals surface area contributed by atoms with Crippen molar-refractivity contribution in [2.45, 2.75) is 53.9 Å². The maximum absolute atomic E-state index is 13.2. The number of benzene rings is 1. The van der Waals surface area contributed by atoms with Crippen LogP contribution < -0.4 is 0 Å². The van der Waals surface area contributed by atoms with Crippen molar-refractivity contribution in [3.05, 3.63) is 74.4 Å². The summed E-state index contributed by atoms with van der Waals surface area (Å²) in [6.45, 7) is 9.97. The maximum Gasteiger partial charge on any atom is 0.336 e. The van der Waals surface area contributed by atoms with Crippen LogP contribution in [0.2, 0.25) is 0 Å². The van der Waals surface area contributed by atoms with E-state index in [0.29, 0.717) is 17.0 Å². The number of hydrogen-bond donors (Lipinski definition) is 0. The molecule has 1 aliphatic rings. The monoisotopic (exact) mass is 486 g/mol. The number of nitro benzene ring substituents is 1. The Hall–Kier alpha value is -3.95. The van der Waals surface area contributed by atoms with Gasteiger partial charge in [-0.1, -0.05) is 19.1 Å². The molecule has 0 saturated carbocycles. The first-order valence-electron chi connectivity index (χ1n) is 11.3. The van der Waals surface area contributed by atoms with E-state index in [0.717, 1.165) is 0 Å². The van der Waals surface area contributed by atoms with Crippen molar-refractivity contribution in [2.24, 2.45) is 0 Å². The van der Waals surface area contributed by atoms with E-state index in [2.05, 4.69) is 0 Å². The van der Waals surface area contributed by atoms with Gasteiger partial charge in [0.25, 0.3) is 5.69 Å². The molecule has 1 aromatic carbocycles. The molecule has 0 aromatic heterocycles. The lowest BCUT2D eigenvalue weighted by molar-refractivity contribution is -0.384. The number of non-ortho nitro benzene ring substituents is 1. The van der Waals surface area contributed by atoms with Crippen LogP contribution in [0.15, 0.2) is 58.8 Å². The van der Waals surface area contributed by atoms with Crippen LogP contribution in [0.4, 0.5) is 5.69 Å². The molecule has 0 unspecified atom stereocenters. The van der Waals surface area contributed by atoms with Crippen LogP contribution in [0.5, 0.6) is 0 Å². The van der Waals surface area contributed by atoms with Gasteiger partial charge in [-0.25, -0.2) is 9.59 Å². The van der Waals surface area contributed by atoms with Crippen LogP contribution >= 0.6 is 0 Å². The molecule has 0 N–H and O–H groups in total. The van der Waals surface area contributed by atoms with Gasteiger partial charge in [0.15, 0.2) is 0 Å². The van der Waals surface area contributed by atoms with Gasteiger partial charge in [-0.15, -0.1) is 0 Å². The Morgan fingerprint density at radius 1 is 1.03 bits per heavy atom. The van der Waals surface area contributed by atoms with Crippen LogP contribution in [0.3, 0.4) is 0 Å². The van der Waals surface area contributed by atoms with Gasteiger partial charge in [-0.2, -0.15) is 0 Å². The van der Waals surface area contributed by atoms with Crippen LogP contribution in [0.1, 0.15) is 59.4 Å². The highest BCUT2D eigenvalue weighted by molar-refractivity contribution is 6.00. The fourth-order valence-corrected chi connectivity index (χ4v) is 3.91. The normalized spacial score (nSPS) is 14.7. The molecule has 1 aliphatic heterocycles. The smallest absolute Gasteiger partial charge is 0.336 e. The van der Waals surface area contributed by atoms with E-state index in [1.165, 1.54) is 23.1 Å². The first-order chi connectivity index (χ1) is 16.6. The Kier molecular flexibility index (Phi) is 9.33. The fourth-order valence-electron chi connectivity index (χ4n) is 3.91. The SMILES string of the molecule is CC=C(OC(=O)CC)N1C(C)=C(C(=O)OCC)C(c2cccc([N+](=O)[O-])c2)C(C(=O)OCC)=C1C. The summed E-state index contributed by atoms with van der Waals surface area (Å²) in [7, 11) is 0. The van der Waals surface area contributed by atoms with Gasteiger partial charge < -0.3 is 14.2 Å². The van der Waals surface area contributed by atoms with Crippen molar-refractivity contribution in [2.75, 3.05) is 13.2 Å². The van der Waals surface area contributed by atoms with E-state index in [-0.39, 0.29) is 42.4 Å². The number of hydrogen-bond acceptors (Lipinski definition) is 9. The van der Waals surface area contributed by atoms with E-state index in [9.17, 15) is 24.5 Å². The second kappa shape index (κ2) is 12.0. The number of ether oxygens (including phenoxy) is 3. The molecule has 0 aliphatic carbocycles. The standard InChI is InChI=1S/C25H30N2O8/c1-7-19(35-20(28)8-2)26-15(5)21(24(29)33-9-3)23(22(16(26)6)25(30)34-10-4)17-12-11-13-18(14-17)27(31)32/h7,11-14,23H,8-10H2,1-6H3. The first kappa shape index (κ1) is 27.3. The molecule has 188 valence electrons. The molecule has 0 fully saturated rings. The quantitative estimate of drug-likeness (QED) is 0.163. The highest BCUT2D eigenvalue weighted by atomic mass is 16.6. The van der Waals surface area contributed by atoms with Gasteiger partial charge >= 0.3 is 17.9 Å². The van der Waals surface area contributed by atoms with Crippen molar-refractivity contribution in [3.63, 3.8) is 0 Å². The number of nitro groups is 1. The van der Waals surface area contributed by atoms with E-state index >= 15 is 0 Å². The minimum absolute atomic E-state index is 0.0655. The molecule has 0 radical (unpaired) electrons. The Morgan fingerprint density at radius 3 is 2.00 bits per heavy atom. The number of carbonyl (C=O) groups is 3. The molecule has 1 aromatic rings. The Balaban J connectivity index is 2.90. The van der Waals surface area contributed by atoms with E-state index in [1.807, 2.05) is 0 Å². The van der Waals surface area contributed by atoms with Gasteiger partial charge in [-0.3, -0.25) is 19.8 Å². The highest BCUT2D eigenvalue weighted by Gasteiger charge is 2.42. The lowest BCUT2D eigenvalue weighted by Gasteiger charge is -2.38. The van der Waals surface area contributed by atoms with Crippen LogP contribution in [-0.2, 0) is 28.6 Å². The zero-order chi connectivity index (χ0) is 26.3. The molecule has 35 heavy (non-hydrogen) atoms. The van der Waals surface area contributed by atoms with Gasteiger partial charge in [0, 0.05) is 29.9 Å². The van der Waals surface area contributed by atoms with Crippen molar-refractivity contribution in [1.29, 1.82) is 0 Å². The number of carbonyl (C=O) groups excluding carboxylic acids is 3.